The Labute approximate surface area is 186 Å². The van der Waals surface area contributed by atoms with E-state index in [-0.39, 0.29) is 35.1 Å². The topological polar surface area (TPSA) is 98.1 Å². The summed E-state index contributed by atoms with van der Waals surface area (Å²) in [4.78, 5) is 31.0. The molecule has 0 bridgehead atoms. The zero-order valence-corrected chi connectivity index (χ0v) is 18.1. The van der Waals surface area contributed by atoms with Crippen LogP contribution >= 0.6 is 0 Å². The van der Waals surface area contributed by atoms with Gasteiger partial charge in [0.15, 0.2) is 17.0 Å². The van der Waals surface area contributed by atoms with Gasteiger partial charge in [0, 0.05) is 36.2 Å². The van der Waals surface area contributed by atoms with Crippen LogP contribution in [0.5, 0.6) is 5.75 Å². The van der Waals surface area contributed by atoms with E-state index >= 15 is 0 Å². The number of fused-ring (bicyclic) bond motifs is 1. The summed E-state index contributed by atoms with van der Waals surface area (Å²) < 4.78 is 56.7. The molecule has 1 aromatic carbocycles. The third-order valence-electron chi connectivity index (χ3n) is 5.61. The van der Waals surface area contributed by atoms with Crippen molar-refractivity contribution < 1.29 is 27.1 Å². The van der Waals surface area contributed by atoms with E-state index in [1.54, 1.807) is 13.0 Å². The lowest BCUT2D eigenvalue weighted by molar-refractivity contribution is -0.0412. The van der Waals surface area contributed by atoms with E-state index in [2.05, 4.69) is 14.7 Å². The quantitative estimate of drug-likeness (QED) is 0.553. The van der Waals surface area contributed by atoms with Gasteiger partial charge in [-0.2, -0.15) is 4.39 Å². The van der Waals surface area contributed by atoms with Crippen molar-refractivity contribution in [2.75, 3.05) is 7.11 Å². The number of primary amides is 1. The highest BCUT2D eigenvalue weighted by Crippen LogP contribution is 2.41. The number of carbonyl (C=O) groups is 1. The van der Waals surface area contributed by atoms with Gasteiger partial charge in [-0.15, -0.1) is 0 Å². The van der Waals surface area contributed by atoms with Gasteiger partial charge in [0.05, 0.1) is 18.0 Å². The minimum Gasteiger partial charge on any atom is -0.494 e. The lowest BCUT2D eigenvalue weighted by Crippen LogP contribution is -2.27. The molecule has 1 aliphatic rings. The lowest BCUT2D eigenvalue weighted by Gasteiger charge is -2.29. The number of nitrogens with one attached hydrogen (secondary N) is 1. The molecule has 3 N–H and O–H groups in total. The summed E-state index contributed by atoms with van der Waals surface area (Å²) >= 11 is 0. The standard InChI is InChI=1S/C16H17F2N3O2.C7H6F2O/c1-8-12(9-3-2-5-16(17,18)7-9)21-10-4-6-20-13(15(19)23)11(10)14(8)22;1-10-6-4-2-3-5(8)7(6)9/h4,6,9H,2-3,5,7H2,1H3,(H2,19,23)(H,21,22);2-4H,1H3/t9-;/m0./s1. The molecule has 0 aliphatic heterocycles. The number of ether oxygens (including phenoxy) is 1. The highest BCUT2D eigenvalue weighted by Gasteiger charge is 2.38. The molecule has 6 nitrogen and oxygen atoms in total. The number of carbonyl (C=O) groups excluding carboxylic acids is 1. The fraction of sp³-hybridized carbons (Fsp3) is 0.348. The van der Waals surface area contributed by atoms with Crippen molar-refractivity contribution in [3.8, 4) is 5.75 Å². The zero-order chi connectivity index (χ0) is 24.3. The van der Waals surface area contributed by atoms with Crippen LogP contribution in [-0.4, -0.2) is 28.9 Å². The molecule has 176 valence electrons. The predicted molar refractivity (Wildman–Crippen MR) is 115 cm³/mol. The molecule has 0 unspecified atom stereocenters. The van der Waals surface area contributed by atoms with Gasteiger partial charge < -0.3 is 15.5 Å². The van der Waals surface area contributed by atoms with E-state index < -0.39 is 29.4 Å². The van der Waals surface area contributed by atoms with Gasteiger partial charge in [0.1, 0.15) is 5.69 Å². The van der Waals surface area contributed by atoms with Crippen molar-refractivity contribution in [1.29, 1.82) is 0 Å². The highest BCUT2D eigenvalue weighted by molar-refractivity contribution is 6.03. The van der Waals surface area contributed by atoms with Crippen LogP contribution in [0.1, 0.15) is 53.3 Å². The Morgan fingerprint density at radius 1 is 1.27 bits per heavy atom. The van der Waals surface area contributed by atoms with Gasteiger partial charge in [0.2, 0.25) is 11.7 Å². The van der Waals surface area contributed by atoms with Gasteiger partial charge in [-0.05, 0) is 38.0 Å². The maximum Gasteiger partial charge on any atom is 0.268 e. The number of aromatic nitrogens is 2. The average molecular weight is 465 g/mol. The third kappa shape index (κ3) is 5.15. The second kappa shape index (κ2) is 9.60. The van der Waals surface area contributed by atoms with Crippen LogP contribution < -0.4 is 15.9 Å². The van der Waals surface area contributed by atoms with Crippen LogP contribution in [0.4, 0.5) is 17.6 Å². The normalized spacial score (nSPS) is 17.2. The molecule has 2 aromatic heterocycles. The molecular formula is C23H23F4N3O3. The first-order valence-corrected chi connectivity index (χ1v) is 10.2. The number of halogens is 4. The Morgan fingerprint density at radius 2 is 2.00 bits per heavy atom. The number of methoxy groups -OCH3 is 1. The van der Waals surface area contributed by atoms with Crippen LogP contribution in [-0.2, 0) is 0 Å². The Hall–Kier alpha value is -3.43. The molecule has 1 aliphatic carbocycles. The molecule has 1 fully saturated rings. The smallest absolute Gasteiger partial charge is 0.268 e. The first-order chi connectivity index (χ1) is 15.6. The Kier molecular flexibility index (Phi) is 7.04. The van der Waals surface area contributed by atoms with Crippen molar-refractivity contribution >= 4 is 16.8 Å². The average Bonchev–Trinajstić information content (AvgIpc) is 2.77. The van der Waals surface area contributed by atoms with E-state index in [0.717, 1.165) is 6.07 Å². The summed E-state index contributed by atoms with van der Waals surface area (Å²) in [6, 6.07) is 5.33. The summed E-state index contributed by atoms with van der Waals surface area (Å²) in [5.41, 5.74) is 6.03. The summed E-state index contributed by atoms with van der Waals surface area (Å²) in [6.07, 6.45) is 2.00. The molecule has 33 heavy (non-hydrogen) atoms. The van der Waals surface area contributed by atoms with Crippen molar-refractivity contribution in [3.63, 3.8) is 0 Å². The second-order valence-electron chi connectivity index (χ2n) is 7.84. The van der Waals surface area contributed by atoms with Crippen molar-refractivity contribution in [2.45, 2.75) is 44.4 Å². The molecule has 3 aromatic rings. The van der Waals surface area contributed by atoms with E-state index in [9.17, 15) is 27.2 Å². The summed E-state index contributed by atoms with van der Waals surface area (Å²) in [6.45, 7) is 1.58. The van der Waals surface area contributed by atoms with E-state index in [1.807, 2.05) is 0 Å². The maximum atomic E-state index is 13.7. The number of amides is 1. The lowest BCUT2D eigenvalue weighted by atomic mass is 9.82. The fourth-order valence-corrected chi connectivity index (χ4v) is 4.00. The van der Waals surface area contributed by atoms with E-state index in [1.165, 1.54) is 25.4 Å². The third-order valence-corrected chi connectivity index (χ3v) is 5.61. The SMILES string of the molecule is COc1cccc(F)c1F.Cc1c([C@H]2CCCC(F)(F)C2)[nH]c2ccnc(C(N)=O)c2c1=O. The van der Waals surface area contributed by atoms with Crippen LogP contribution in [0.25, 0.3) is 10.9 Å². The number of rotatable bonds is 3. The number of nitrogens with two attached hydrogens (primary N) is 1. The second-order valence-corrected chi connectivity index (χ2v) is 7.84. The monoisotopic (exact) mass is 465 g/mol. The number of hydrogen-bond donors (Lipinski definition) is 2. The van der Waals surface area contributed by atoms with Crippen LogP contribution in [0.15, 0.2) is 35.3 Å². The van der Waals surface area contributed by atoms with Gasteiger partial charge in [-0.3, -0.25) is 14.6 Å². The Bertz CT molecular complexity index is 1240. The van der Waals surface area contributed by atoms with Crippen LogP contribution in [0.3, 0.4) is 0 Å². The molecule has 1 atom stereocenters. The zero-order valence-electron chi connectivity index (χ0n) is 18.1. The maximum absolute atomic E-state index is 13.7. The molecule has 0 saturated heterocycles. The molecule has 0 spiro atoms. The first kappa shape index (κ1) is 24.2. The number of benzene rings is 1. The number of nitrogens with zero attached hydrogens (tertiary/aromatic N) is 1. The molecular weight excluding hydrogens is 442 g/mol. The first-order valence-electron chi connectivity index (χ1n) is 10.2. The number of alkyl halides is 2. The number of H-pyrrole nitrogens is 1. The number of pyridine rings is 2. The Morgan fingerprint density at radius 3 is 2.61 bits per heavy atom. The van der Waals surface area contributed by atoms with E-state index in [0.29, 0.717) is 29.6 Å². The number of hydrogen-bond acceptors (Lipinski definition) is 4. The summed E-state index contributed by atoms with van der Waals surface area (Å²) in [5.74, 6) is -5.81. The van der Waals surface area contributed by atoms with Crippen LogP contribution in [0.2, 0.25) is 0 Å². The van der Waals surface area contributed by atoms with Crippen molar-refractivity contribution in [3.05, 3.63) is 69.3 Å². The molecule has 4 rings (SSSR count). The minimum absolute atomic E-state index is 0.0694. The number of aromatic amines is 1. The largest absolute Gasteiger partial charge is 0.494 e. The molecule has 1 amide bonds. The molecule has 10 heteroatoms. The predicted octanol–water partition coefficient (Wildman–Crippen LogP) is 4.60. The van der Waals surface area contributed by atoms with Crippen molar-refractivity contribution in [1.82, 2.24) is 9.97 Å². The van der Waals surface area contributed by atoms with Crippen molar-refractivity contribution in [2.24, 2.45) is 5.73 Å². The molecule has 1 saturated carbocycles. The summed E-state index contributed by atoms with van der Waals surface area (Å²) in [7, 11) is 1.29. The fourth-order valence-electron chi connectivity index (χ4n) is 4.00. The van der Waals surface area contributed by atoms with E-state index in [4.69, 9.17) is 5.73 Å². The summed E-state index contributed by atoms with van der Waals surface area (Å²) in [5, 5.41) is 0.115. The minimum atomic E-state index is -2.71. The molecule has 0 radical (unpaired) electrons. The van der Waals surface area contributed by atoms with Gasteiger partial charge in [-0.1, -0.05) is 6.07 Å². The van der Waals surface area contributed by atoms with Gasteiger partial charge >= 0.3 is 0 Å². The van der Waals surface area contributed by atoms with Crippen LogP contribution in [0, 0.1) is 18.6 Å². The molecule has 2 heterocycles. The van der Waals surface area contributed by atoms with Gasteiger partial charge in [-0.25, -0.2) is 13.2 Å². The van der Waals surface area contributed by atoms with Gasteiger partial charge in [0.25, 0.3) is 5.91 Å². The Balaban J connectivity index is 0.000000257. The highest BCUT2D eigenvalue weighted by atomic mass is 19.3.